The first kappa shape index (κ1) is 32.0. The van der Waals surface area contributed by atoms with Gasteiger partial charge in [-0.15, -0.1) is 0 Å². The van der Waals surface area contributed by atoms with Crippen LogP contribution in [0.15, 0.2) is 83.5 Å². The molecule has 0 N–H and O–H groups in total. The van der Waals surface area contributed by atoms with Crippen molar-refractivity contribution in [3.8, 4) is 0 Å². The number of carbonyl (C=O) groups excluding carboxylic acids is 1. The molecule has 1 heteroatoms. The van der Waals surface area contributed by atoms with Gasteiger partial charge < -0.3 is 0 Å². The molecule has 39 heavy (non-hydrogen) atoms. The van der Waals surface area contributed by atoms with Gasteiger partial charge in [0.25, 0.3) is 0 Å². The topological polar surface area (TPSA) is 17.1 Å². The van der Waals surface area contributed by atoms with Gasteiger partial charge in [0.1, 0.15) is 0 Å². The van der Waals surface area contributed by atoms with E-state index in [-0.39, 0.29) is 5.78 Å². The monoisotopic (exact) mass is 522 g/mol. The van der Waals surface area contributed by atoms with E-state index >= 15 is 0 Å². The summed E-state index contributed by atoms with van der Waals surface area (Å²) in [6.07, 6.45) is 18.4. The Bertz CT molecular complexity index is 1240. The number of benzene rings is 2. The molecule has 0 fully saturated rings. The lowest BCUT2D eigenvalue weighted by atomic mass is 9.89. The van der Waals surface area contributed by atoms with E-state index in [0.29, 0.717) is 0 Å². The Morgan fingerprint density at radius 3 is 2.18 bits per heavy atom. The second-order valence-electron chi connectivity index (χ2n) is 10.7. The third-order valence-corrected chi connectivity index (χ3v) is 6.97. The van der Waals surface area contributed by atoms with E-state index in [1.165, 1.54) is 63.0 Å². The number of rotatable bonds is 9. The number of aryl methyl sites for hydroxylation is 2. The van der Waals surface area contributed by atoms with E-state index < -0.39 is 0 Å². The normalized spacial score (nSPS) is 14.6. The summed E-state index contributed by atoms with van der Waals surface area (Å²) in [6.45, 7) is 16.7. The summed E-state index contributed by atoms with van der Waals surface area (Å²) in [4.78, 5) is 12.2. The SMILES string of the molecule is C/C=C\C(=C/C1=CC(c2ccc(/C=C(\CC)CCC)cc2)=C(c2ccc(C)cc2C)CCC1)C(C)=O.CCC. The Balaban J connectivity index is 0.00000170. The maximum absolute atomic E-state index is 12.2. The van der Waals surface area contributed by atoms with Gasteiger partial charge >= 0.3 is 0 Å². The minimum Gasteiger partial charge on any atom is -0.295 e. The van der Waals surface area contributed by atoms with Crippen molar-refractivity contribution >= 4 is 23.0 Å². The Labute approximate surface area is 239 Å². The van der Waals surface area contributed by atoms with Crippen LogP contribution < -0.4 is 0 Å². The van der Waals surface area contributed by atoms with Crippen LogP contribution in [0.1, 0.15) is 114 Å². The molecule has 1 aliphatic rings. The van der Waals surface area contributed by atoms with Gasteiger partial charge in [-0.1, -0.05) is 118 Å². The Kier molecular flexibility index (Phi) is 13.7. The molecule has 0 bridgehead atoms. The molecule has 0 atom stereocenters. The van der Waals surface area contributed by atoms with E-state index in [9.17, 15) is 4.79 Å². The Morgan fingerprint density at radius 2 is 1.62 bits per heavy atom. The number of ketones is 1. The van der Waals surface area contributed by atoms with Gasteiger partial charge in [-0.05, 0) is 105 Å². The van der Waals surface area contributed by atoms with Crippen molar-refractivity contribution in [2.75, 3.05) is 0 Å². The van der Waals surface area contributed by atoms with Gasteiger partial charge in [0.15, 0.2) is 5.78 Å². The molecule has 0 unspecified atom stereocenters. The van der Waals surface area contributed by atoms with Crippen LogP contribution in [0.3, 0.4) is 0 Å². The summed E-state index contributed by atoms with van der Waals surface area (Å²) < 4.78 is 0. The third kappa shape index (κ3) is 9.81. The Morgan fingerprint density at radius 1 is 0.923 bits per heavy atom. The summed E-state index contributed by atoms with van der Waals surface area (Å²) in [5, 5.41) is 0. The summed E-state index contributed by atoms with van der Waals surface area (Å²) >= 11 is 0. The lowest BCUT2D eigenvalue weighted by Crippen LogP contribution is -1.95. The lowest BCUT2D eigenvalue weighted by molar-refractivity contribution is -0.113. The molecule has 0 heterocycles. The van der Waals surface area contributed by atoms with Crippen LogP contribution in [0.2, 0.25) is 0 Å². The van der Waals surface area contributed by atoms with Gasteiger partial charge in [0.2, 0.25) is 0 Å². The molecule has 208 valence electrons. The zero-order valence-corrected chi connectivity index (χ0v) is 25.8. The van der Waals surface area contributed by atoms with E-state index in [1.807, 2.05) is 19.1 Å². The molecule has 0 saturated heterocycles. The fourth-order valence-electron chi connectivity index (χ4n) is 5.07. The molecule has 3 rings (SSSR count). The largest absolute Gasteiger partial charge is 0.295 e. The molecule has 1 aliphatic carbocycles. The van der Waals surface area contributed by atoms with Crippen molar-refractivity contribution in [1.82, 2.24) is 0 Å². The van der Waals surface area contributed by atoms with Crippen molar-refractivity contribution < 1.29 is 4.79 Å². The summed E-state index contributed by atoms with van der Waals surface area (Å²) in [5.74, 6) is 0.105. The van der Waals surface area contributed by atoms with Crippen LogP contribution >= 0.6 is 0 Å². The number of Topliss-reactive ketones (excluding diaryl/α,β-unsaturated/α-hetero) is 1. The molecule has 0 spiro atoms. The molecule has 0 aliphatic heterocycles. The highest BCUT2D eigenvalue weighted by atomic mass is 16.1. The summed E-state index contributed by atoms with van der Waals surface area (Å²) in [6, 6.07) is 15.8. The van der Waals surface area contributed by atoms with Gasteiger partial charge in [-0.3, -0.25) is 4.79 Å². The van der Waals surface area contributed by atoms with Crippen molar-refractivity contribution in [3.05, 3.63) is 111 Å². The first-order chi connectivity index (χ1) is 18.8. The second-order valence-corrected chi connectivity index (χ2v) is 10.7. The molecule has 0 aromatic heterocycles. The van der Waals surface area contributed by atoms with Gasteiger partial charge in [0, 0.05) is 5.57 Å². The van der Waals surface area contributed by atoms with Crippen molar-refractivity contribution in [1.29, 1.82) is 0 Å². The average Bonchev–Trinajstić information content (AvgIpc) is 3.11. The molecular formula is C38H50O. The first-order valence-corrected chi connectivity index (χ1v) is 14.9. The van der Waals surface area contributed by atoms with Gasteiger partial charge in [0.05, 0.1) is 0 Å². The average molecular weight is 523 g/mol. The fourth-order valence-corrected chi connectivity index (χ4v) is 5.07. The molecular weight excluding hydrogens is 472 g/mol. The minimum absolute atomic E-state index is 0.105. The predicted octanol–water partition coefficient (Wildman–Crippen LogP) is 11.4. The standard InChI is InChI=1S/C35H42O.C3H8/c1-7-11-28(9-3)22-29-16-18-31(19-17-29)35-24-30(23-32(12-8-2)27(6)36)13-10-14-34(35)33-20-15-25(4)21-26(33)5;1-3-2/h8,12,15-24H,7,9-11,13-14H2,1-6H3;3H2,1-2H3/b12-8-,28-22+,32-23+;. The number of carbonyl (C=O) groups is 1. The fraction of sp³-hybridized carbons (Fsp3) is 0.395. The van der Waals surface area contributed by atoms with Gasteiger partial charge in [-0.25, -0.2) is 0 Å². The molecule has 0 radical (unpaired) electrons. The molecule has 2 aromatic rings. The van der Waals surface area contributed by atoms with Crippen molar-refractivity contribution in [2.24, 2.45) is 0 Å². The molecule has 2 aromatic carbocycles. The summed E-state index contributed by atoms with van der Waals surface area (Å²) in [7, 11) is 0. The van der Waals surface area contributed by atoms with Crippen LogP contribution in [0.5, 0.6) is 0 Å². The van der Waals surface area contributed by atoms with E-state index in [0.717, 1.165) is 37.7 Å². The smallest absolute Gasteiger partial charge is 0.159 e. The highest BCUT2D eigenvalue weighted by Crippen LogP contribution is 2.38. The van der Waals surface area contributed by atoms with Crippen LogP contribution in [0.4, 0.5) is 0 Å². The van der Waals surface area contributed by atoms with Crippen LogP contribution in [0.25, 0.3) is 17.2 Å². The van der Waals surface area contributed by atoms with Gasteiger partial charge in [-0.2, -0.15) is 0 Å². The highest BCUT2D eigenvalue weighted by Gasteiger charge is 2.17. The highest BCUT2D eigenvalue weighted by molar-refractivity contribution is 5.99. The summed E-state index contributed by atoms with van der Waals surface area (Å²) in [5.41, 5.74) is 12.6. The minimum atomic E-state index is 0.105. The maximum atomic E-state index is 12.2. The zero-order chi connectivity index (χ0) is 28.8. The van der Waals surface area contributed by atoms with E-state index in [4.69, 9.17) is 0 Å². The maximum Gasteiger partial charge on any atom is 0.159 e. The van der Waals surface area contributed by atoms with E-state index in [2.05, 4.69) is 102 Å². The first-order valence-electron chi connectivity index (χ1n) is 14.9. The quantitative estimate of drug-likeness (QED) is 0.236. The second kappa shape index (κ2) is 16.7. The number of hydrogen-bond donors (Lipinski definition) is 0. The van der Waals surface area contributed by atoms with Crippen LogP contribution in [0, 0.1) is 13.8 Å². The van der Waals surface area contributed by atoms with E-state index in [1.54, 1.807) is 6.92 Å². The number of hydrogen-bond acceptors (Lipinski definition) is 1. The Hall–Kier alpha value is -3.19. The molecule has 0 saturated carbocycles. The third-order valence-electron chi connectivity index (χ3n) is 6.97. The van der Waals surface area contributed by atoms with Crippen LogP contribution in [-0.4, -0.2) is 5.78 Å². The predicted molar refractivity (Wildman–Crippen MR) is 174 cm³/mol. The van der Waals surface area contributed by atoms with Crippen LogP contribution in [-0.2, 0) is 4.79 Å². The lowest BCUT2D eigenvalue weighted by Gasteiger charge is -2.16. The molecule has 0 amide bonds. The zero-order valence-electron chi connectivity index (χ0n) is 25.8. The number of allylic oxidation sites excluding steroid dienone is 9. The van der Waals surface area contributed by atoms with Crippen molar-refractivity contribution in [3.63, 3.8) is 0 Å². The molecule has 1 nitrogen and oxygen atoms in total. The van der Waals surface area contributed by atoms with Crippen molar-refractivity contribution in [2.45, 2.75) is 100 Å².